The molecule has 28 nitrogen and oxygen atoms in total. The molecule has 14 heterocycles. The van der Waals surface area contributed by atoms with Crippen LogP contribution in [0.2, 0.25) is 0 Å². The highest BCUT2D eigenvalue weighted by Gasteiger charge is 2.49. The first-order valence-electron chi connectivity index (χ1n) is 44.8. The number of fused-ring (bicyclic) bond motifs is 6. The number of aliphatic imine (C=N–C) groups is 2. The van der Waals surface area contributed by atoms with E-state index < -0.39 is 43.2 Å². The van der Waals surface area contributed by atoms with Crippen LogP contribution in [0.4, 0.5) is 55.8 Å². The van der Waals surface area contributed by atoms with Crippen LogP contribution < -0.4 is 40.9 Å². The molecule has 0 radical (unpaired) electrons. The van der Waals surface area contributed by atoms with Gasteiger partial charge in [0.05, 0.1) is 139 Å². The third kappa shape index (κ3) is 18.6. The molecule has 4 aromatic heterocycles. The summed E-state index contributed by atoms with van der Waals surface area (Å²) in [6.07, 6.45) is 18.1. The van der Waals surface area contributed by atoms with E-state index in [9.17, 15) is 50.8 Å². The molecule has 10 aliphatic heterocycles. The Hall–Kier alpha value is -9.60. The van der Waals surface area contributed by atoms with E-state index in [-0.39, 0.29) is 73.4 Å². The van der Waals surface area contributed by atoms with Gasteiger partial charge in [0.25, 0.3) is 0 Å². The van der Waals surface area contributed by atoms with Crippen LogP contribution in [0.5, 0.6) is 0 Å². The monoisotopic (exact) mass is 1800 g/mol. The zero-order valence-corrected chi connectivity index (χ0v) is 74.2. The van der Waals surface area contributed by atoms with Gasteiger partial charge in [0.2, 0.25) is 23.8 Å². The fourth-order valence-electron chi connectivity index (χ4n) is 19.2. The number of aromatic nitrogens is 8. The van der Waals surface area contributed by atoms with Crippen molar-refractivity contribution < 1.29 is 50.8 Å². The molecule has 22 rings (SSSR count). The number of aliphatic hydroxyl groups excluding tert-OH is 4. The summed E-state index contributed by atoms with van der Waals surface area (Å²) in [5, 5.41) is 61.7. The Kier molecular flexibility index (Phi) is 25.5. The van der Waals surface area contributed by atoms with Gasteiger partial charge >= 0.3 is 0 Å². The highest BCUT2D eigenvalue weighted by atomic mass is 32.2. The van der Waals surface area contributed by atoms with E-state index >= 15 is 0 Å². The van der Waals surface area contributed by atoms with Gasteiger partial charge in [0, 0.05) is 147 Å². The van der Waals surface area contributed by atoms with Gasteiger partial charge in [-0.25, -0.2) is 28.7 Å². The lowest BCUT2D eigenvalue weighted by molar-refractivity contribution is 0.0988. The van der Waals surface area contributed by atoms with Crippen LogP contribution in [-0.4, -0.2) is 218 Å². The van der Waals surface area contributed by atoms with Gasteiger partial charge in [-0.2, -0.15) is 25.2 Å². The zero-order chi connectivity index (χ0) is 86.8. The lowest BCUT2D eigenvalue weighted by Gasteiger charge is -2.33. The van der Waals surface area contributed by atoms with Crippen LogP contribution in [0.3, 0.4) is 0 Å². The number of piperidine rings is 4. The molecule has 0 amide bonds. The summed E-state index contributed by atoms with van der Waals surface area (Å²) in [7, 11) is -4.35. The molecule has 127 heavy (non-hydrogen) atoms. The topological polar surface area (TPSA) is 379 Å². The molecule has 14 aliphatic rings. The van der Waals surface area contributed by atoms with E-state index in [1.165, 1.54) is 23.3 Å². The van der Waals surface area contributed by atoms with Crippen LogP contribution in [0.25, 0.3) is 0 Å². The van der Waals surface area contributed by atoms with Crippen molar-refractivity contribution in [2.45, 2.75) is 216 Å². The Morgan fingerprint density at radius 2 is 0.772 bits per heavy atom. The summed E-state index contributed by atoms with van der Waals surface area (Å²) < 4.78 is 77.5. The minimum absolute atomic E-state index is 0. The molecule has 0 bridgehead atoms. The molecule has 0 spiro atoms. The number of ketones is 1. The maximum Gasteiger partial charge on any atom is 0.227 e. The zero-order valence-electron chi connectivity index (χ0n) is 70.9. The number of rotatable bonds is 22. The number of halogens is 2. The Bertz CT molecular complexity index is 5770. The van der Waals surface area contributed by atoms with Gasteiger partial charge in [-0.05, 0) is 185 Å². The van der Waals surface area contributed by atoms with Gasteiger partial charge in [-0.3, -0.25) is 31.6 Å². The van der Waals surface area contributed by atoms with Gasteiger partial charge in [-0.1, -0.05) is 50.7 Å². The lowest BCUT2D eigenvalue weighted by Crippen LogP contribution is -2.38. The van der Waals surface area contributed by atoms with Gasteiger partial charge in [-0.15, -0.1) is 0 Å². The standard InChI is InChI=1S/C24H30N4O3S.2C23H26FN5O2S.C22H25N5O2S.CH4/c1-2-20(30)18-5-3-4-17(14-18)16-6-11-28(12-7-16)23-25-19-8-13-32(31)21(19)22(26-23)27-24(15-29)9-10-24;24-16-1-2-17-15(11-16)12-25-19(17)14-3-8-29(9-4-14)22-26-18-5-10-32(31)20(18)21(27-22)28-23(13-30)6-7-23;24-16-2-1-15-12-25-19(17(15)11-16)14-3-8-29(9-4-14)22-26-18-5-10-32(31)20(18)21(27-22)28-23(13-30)6-7-23;23-13-15-2-1-3-17(12-15)16-4-9-27(10-5-16)21-24-18-6-11-30(29)19(18)20(25-21)26-22(14-28)7-8-22;/h3-5,14,16,29H,2,6-13,15H2,1H3,(H,25,26,27);2*1-2,11,14,30H,3-10,12-13H2,(H,26,27,28);1-3,12,16,28H,4-11,14H2,(H,24,25,26);1H4. The third-order valence-electron chi connectivity index (χ3n) is 27.8. The van der Waals surface area contributed by atoms with Crippen molar-refractivity contribution in [3.63, 3.8) is 0 Å². The SMILES string of the molecule is C.CCC(=O)c1cccc(C2CCN(c3nc4c(c(NC5(CO)CC5)n3)S(=O)CC4)CC2)c1.N#Cc1cccc(C2CCN(c3nc4c(c(NC5(CO)CC5)n3)S(=O)CC4)CC2)c1.O=S1CCc2nc(N3CCC(C4=NCc5cc(F)ccc54)CC3)nc(NC3(CO)CC3)c21.O=S1CCc2nc(N3CCC(C4=NCc5ccc(F)cc54)CC3)nc(NC3(CO)CC3)c21. The van der Waals surface area contributed by atoms with Crippen molar-refractivity contribution in [1.82, 2.24) is 39.9 Å². The summed E-state index contributed by atoms with van der Waals surface area (Å²) in [6.45, 7) is 9.87. The van der Waals surface area contributed by atoms with Gasteiger partial charge in [0.15, 0.2) is 5.78 Å². The Morgan fingerprint density at radius 3 is 1.13 bits per heavy atom. The number of anilines is 8. The predicted octanol–water partition coefficient (Wildman–Crippen LogP) is 10.9. The Balaban J connectivity index is 0.000000114. The minimum Gasteiger partial charge on any atom is -0.394 e. The highest BCUT2D eigenvalue weighted by molar-refractivity contribution is 7.86. The average Bonchev–Trinajstić information content (AvgIpc) is 1.65. The maximum atomic E-state index is 13.8. The average molecular weight is 1810 g/mol. The third-order valence-corrected chi connectivity index (χ3v) is 33.6. The smallest absolute Gasteiger partial charge is 0.227 e. The summed E-state index contributed by atoms with van der Waals surface area (Å²) in [4.78, 5) is 71.4. The fraction of sp³-hybridized carbons (Fsp3) is 0.527. The second kappa shape index (κ2) is 36.7. The first kappa shape index (κ1) is 88.1. The van der Waals surface area contributed by atoms with Crippen LogP contribution in [-0.2, 0) is 82.0 Å². The molecule has 8 N–H and O–H groups in total. The Morgan fingerprint density at radius 1 is 0.433 bits per heavy atom. The number of carbonyl (C=O) groups excluding carboxylic acids is 1. The van der Waals surface area contributed by atoms with E-state index in [1.54, 1.807) is 12.1 Å². The molecule has 8 fully saturated rings. The quantitative estimate of drug-likeness (QED) is 0.0292. The van der Waals surface area contributed by atoms with Crippen molar-refractivity contribution in [2.75, 3.05) is 143 Å². The van der Waals surface area contributed by atoms with E-state index in [0.29, 0.717) is 154 Å². The normalized spacial score (nSPS) is 22.7. The van der Waals surface area contributed by atoms with Crippen molar-refractivity contribution >= 4 is 107 Å². The molecule has 4 unspecified atom stereocenters. The van der Waals surface area contributed by atoms with Crippen LogP contribution in [0, 0.1) is 34.8 Å². The summed E-state index contributed by atoms with van der Waals surface area (Å²) >= 11 is 0. The summed E-state index contributed by atoms with van der Waals surface area (Å²) in [5.74, 6) is 8.84. The van der Waals surface area contributed by atoms with E-state index in [2.05, 4.69) is 65.1 Å². The molecular formula is C93H111F2N19O9S4. The minimum atomic E-state index is -1.10. The van der Waals surface area contributed by atoms with Crippen molar-refractivity contribution in [2.24, 2.45) is 21.8 Å². The molecular weight excluding hydrogens is 1690 g/mol. The van der Waals surface area contributed by atoms with Crippen LogP contribution >= 0.6 is 0 Å². The molecule has 670 valence electrons. The molecule has 34 heteroatoms. The number of nitrogens with zero attached hydrogens (tertiary/aromatic N) is 15. The predicted molar refractivity (Wildman–Crippen MR) is 489 cm³/mol. The first-order chi connectivity index (χ1) is 61.2. The van der Waals surface area contributed by atoms with Gasteiger partial charge < -0.3 is 61.3 Å². The largest absolute Gasteiger partial charge is 0.394 e. The fourth-order valence-corrected chi connectivity index (χ4v) is 24.4. The first-order valence-corrected chi connectivity index (χ1v) is 50.0. The molecule has 4 aliphatic carbocycles. The van der Waals surface area contributed by atoms with Crippen LogP contribution in [0.15, 0.2) is 114 Å². The molecule has 4 saturated heterocycles. The van der Waals surface area contributed by atoms with E-state index in [4.69, 9.17) is 55.1 Å². The molecule has 4 atom stereocenters. The highest BCUT2D eigenvalue weighted by Crippen LogP contribution is 2.47. The number of nitrogens with one attached hydrogen (secondary N) is 4. The maximum absolute atomic E-state index is 13.8. The number of nitriles is 1. The summed E-state index contributed by atoms with van der Waals surface area (Å²) in [5.41, 5.74) is 12.4. The lowest BCUT2D eigenvalue weighted by atomic mass is 9.88. The van der Waals surface area contributed by atoms with Crippen molar-refractivity contribution in [3.05, 3.63) is 164 Å². The number of aliphatic hydroxyl groups is 4. The summed E-state index contributed by atoms with van der Waals surface area (Å²) in [6, 6.07) is 28.1. The van der Waals surface area contributed by atoms with Crippen molar-refractivity contribution in [1.29, 1.82) is 5.26 Å². The number of aryl methyl sites for hydroxylation is 4. The van der Waals surface area contributed by atoms with Crippen LogP contribution in [0.1, 0.15) is 207 Å². The molecule has 4 saturated carbocycles. The molecule has 8 aromatic rings. The van der Waals surface area contributed by atoms with E-state index in [0.717, 1.165) is 227 Å². The number of carbonyl (C=O) groups is 1. The number of hydrogen-bond donors (Lipinski definition) is 8. The molecule has 4 aromatic carbocycles. The Labute approximate surface area is 748 Å². The second-order valence-corrected chi connectivity index (χ2v) is 42.3. The number of benzene rings is 4. The number of Topliss-reactive ketones (excluding diaryl/α,β-unsaturated/α-hetero) is 1. The van der Waals surface area contributed by atoms with E-state index in [1.807, 2.05) is 49.4 Å². The van der Waals surface area contributed by atoms with Gasteiger partial charge in [0.1, 0.15) is 54.5 Å². The number of hydrogen-bond acceptors (Lipinski definition) is 28. The second-order valence-electron chi connectivity index (χ2n) is 36.2. The van der Waals surface area contributed by atoms with Crippen molar-refractivity contribution in [3.8, 4) is 6.07 Å².